The highest BCUT2D eigenvalue weighted by molar-refractivity contribution is 5.87. The summed E-state index contributed by atoms with van der Waals surface area (Å²) in [6, 6.07) is -1.57. The molecule has 36 heavy (non-hydrogen) atoms. The Morgan fingerprint density at radius 2 is 1.81 bits per heavy atom. The molecule has 0 bridgehead atoms. The van der Waals surface area contributed by atoms with E-state index in [1.807, 2.05) is 20.8 Å². The van der Waals surface area contributed by atoms with Crippen molar-refractivity contribution in [2.75, 3.05) is 26.7 Å². The summed E-state index contributed by atoms with van der Waals surface area (Å²) in [6.07, 6.45) is 1.60. The number of azide groups is 1. The number of carbonyl (C=O) groups is 4. The van der Waals surface area contributed by atoms with Gasteiger partial charge in [0.05, 0.1) is 6.61 Å². The number of unbranched alkanes of at least 4 members (excludes halogenated alkanes) is 1. The second kappa shape index (κ2) is 17.4. The van der Waals surface area contributed by atoms with Crippen molar-refractivity contribution in [1.82, 2.24) is 21.1 Å². The summed E-state index contributed by atoms with van der Waals surface area (Å²) in [6.45, 7) is 11.1. The molecule has 3 N–H and O–H groups in total. The van der Waals surface area contributed by atoms with Crippen LogP contribution in [0.2, 0.25) is 0 Å². The Morgan fingerprint density at radius 3 is 2.36 bits per heavy atom. The molecule has 0 saturated carbocycles. The van der Waals surface area contributed by atoms with E-state index in [9.17, 15) is 19.2 Å². The van der Waals surface area contributed by atoms with Crippen LogP contribution in [-0.4, -0.2) is 73.3 Å². The second-order valence-corrected chi connectivity index (χ2v) is 9.63. The van der Waals surface area contributed by atoms with Crippen molar-refractivity contribution in [2.24, 2.45) is 11.0 Å². The lowest BCUT2D eigenvalue weighted by molar-refractivity contribution is -0.146. The monoisotopic (exact) mass is 513 g/mol. The molecule has 0 rings (SSSR count). The standard InChI is InChI=1S/C23H43N7O6/c1-8-10-13-35-19(32)15-30(7)28-18(31)14-17(11-12-25-29-24)26-21(33)20(16(3)9-2)27-22(34)36-23(4,5)6/h16-17,20H,8-15H2,1-7H3,(H,26,33)(H,27,34)(H,28,31)/t16-,17-,20-/m0/s1. The van der Waals surface area contributed by atoms with Gasteiger partial charge in [-0.15, -0.1) is 0 Å². The fourth-order valence-corrected chi connectivity index (χ4v) is 3.00. The number of alkyl carbamates (subject to hydrolysis) is 1. The number of hydrazine groups is 1. The van der Waals surface area contributed by atoms with E-state index in [-0.39, 0.29) is 31.8 Å². The van der Waals surface area contributed by atoms with Crippen LogP contribution in [-0.2, 0) is 23.9 Å². The molecule has 0 radical (unpaired) electrons. The van der Waals surface area contributed by atoms with Gasteiger partial charge in [0.25, 0.3) is 0 Å². The minimum absolute atomic E-state index is 0.0574. The Morgan fingerprint density at radius 1 is 1.14 bits per heavy atom. The Kier molecular flexibility index (Phi) is 15.9. The lowest BCUT2D eigenvalue weighted by atomic mass is 9.97. The first kappa shape index (κ1) is 33.0. The number of nitrogens with zero attached hydrogens (tertiary/aromatic N) is 4. The minimum Gasteiger partial charge on any atom is -0.465 e. The first-order valence-electron chi connectivity index (χ1n) is 12.3. The van der Waals surface area contributed by atoms with Crippen LogP contribution in [0.1, 0.15) is 73.6 Å². The second-order valence-electron chi connectivity index (χ2n) is 9.63. The van der Waals surface area contributed by atoms with E-state index in [0.717, 1.165) is 12.8 Å². The average molecular weight is 514 g/mol. The van der Waals surface area contributed by atoms with Crippen LogP contribution in [0.5, 0.6) is 0 Å². The fourth-order valence-electron chi connectivity index (χ4n) is 3.00. The summed E-state index contributed by atoms with van der Waals surface area (Å²) < 4.78 is 10.4. The quantitative estimate of drug-likeness (QED) is 0.0710. The smallest absolute Gasteiger partial charge is 0.408 e. The highest BCUT2D eigenvalue weighted by atomic mass is 16.6. The summed E-state index contributed by atoms with van der Waals surface area (Å²) in [7, 11) is 1.52. The molecule has 13 heteroatoms. The topological polar surface area (TPSA) is 175 Å². The number of nitrogens with one attached hydrogen (secondary N) is 3. The van der Waals surface area contributed by atoms with Crippen molar-refractivity contribution in [3.05, 3.63) is 10.4 Å². The average Bonchev–Trinajstić information content (AvgIpc) is 2.75. The van der Waals surface area contributed by atoms with Gasteiger partial charge in [0.15, 0.2) is 0 Å². The fraction of sp³-hybridized carbons (Fsp3) is 0.826. The van der Waals surface area contributed by atoms with Gasteiger partial charge in [-0.3, -0.25) is 19.8 Å². The van der Waals surface area contributed by atoms with Crippen molar-refractivity contribution in [2.45, 2.75) is 91.3 Å². The van der Waals surface area contributed by atoms with Crippen molar-refractivity contribution in [3.8, 4) is 0 Å². The van der Waals surface area contributed by atoms with Gasteiger partial charge in [-0.05, 0) is 45.1 Å². The van der Waals surface area contributed by atoms with E-state index in [1.165, 1.54) is 12.1 Å². The normalized spacial score (nSPS) is 13.6. The molecule has 0 spiro atoms. The van der Waals surface area contributed by atoms with E-state index >= 15 is 0 Å². The van der Waals surface area contributed by atoms with Crippen LogP contribution in [0.4, 0.5) is 4.79 Å². The molecular weight excluding hydrogens is 470 g/mol. The Hall–Kier alpha value is -3.05. The molecule has 13 nitrogen and oxygen atoms in total. The van der Waals surface area contributed by atoms with E-state index < -0.39 is 41.6 Å². The number of amides is 3. The van der Waals surface area contributed by atoms with Gasteiger partial charge in [0, 0.05) is 31.0 Å². The molecule has 0 saturated heterocycles. The highest BCUT2D eigenvalue weighted by Crippen LogP contribution is 2.12. The van der Waals surface area contributed by atoms with Crippen LogP contribution in [0.25, 0.3) is 10.4 Å². The van der Waals surface area contributed by atoms with Crippen molar-refractivity contribution < 1.29 is 28.7 Å². The predicted molar refractivity (Wildman–Crippen MR) is 134 cm³/mol. The number of hydrogen-bond donors (Lipinski definition) is 3. The van der Waals surface area contributed by atoms with Crippen LogP contribution >= 0.6 is 0 Å². The summed E-state index contributed by atoms with van der Waals surface area (Å²) >= 11 is 0. The molecule has 0 aromatic rings. The van der Waals surface area contributed by atoms with E-state index in [2.05, 4.69) is 26.1 Å². The molecule has 0 unspecified atom stereocenters. The zero-order chi connectivity index (χ0) is 27.7. The zero-order valence-corrected chi connectivity index (χ0v) is 22.6. The van der Waals surface area contributed by atoms with Gasteiger partial charge < -0.3 is 20.1 Å². The summed E-state index contributed by atoms with van der Waals surface area (Å²) in [4.78, 5) is 52.5. The summed E-state index contributed by atoms with van der Waals surface area (Å²) in [5.41, 5.74) is 10.4. The van der Waals surface area contributed by atoms with Crippen LogP contribution in [0.3, 0.4) is 0 Å². The Labute approximate surface area is 213 Å². The lowest BCUT2D eigenvalue weighted by Crippen LogP contribution is -2.54. The van der Waals surface area contributed by atoms with Gasteiger partial charge in [-0.1, -0.05) is 38.7 Å². The predicted octanol–water partition coefficient (Wildman–Crippen LogP) is 2.81. The maximum atomic E-state index is 13.1. The lowest BCUT2D eigenvalue weighted by Gasteiger charge is -2.28. The van der Waals surface area contributed by atoms with Gasteiger partial charge in [-0.2, -0.15) is 0 Å². The molecule has 0 aliphatic carbocycles. The number of hydrogen-bond acceptors (Lipinski definition) is 8. The number of rotatable bonds is 16. The molecule has 0 aromatic heterocycles. The van der Waals surface area contributed by atoms with Crippen molar-refractivity contribution >= 4 is 23.9 Å². The molecule has 0 fully saturated rings. The third-order valence-corrected chi connectivity index (χ3v) is 5.03. The highest BCUT2D eigenvalue weighted by Gasteiger charge is 2.30. The molecule has 3 amide bonds. The third-order valence-electron chi connectivity index (χ3n) is 5.03. The minimum atomic E-state index is -0.893. The van der Waals surface area contributed by atoms with Crippen LogP contribution < -0.4 is 16.1 Å². The van der Waals surface area contributed by atoms with E-state index in [0.29, 0.717) is 13.0 Å². The Balaban J connectivity index is 5.19. The largest absolute Gasteiger partial charge is 0.465 e. The zero-order valence-electron chi connectivity index (χ0n) is 22.6. The first-order valence-corrected chi connectivity index (χ1v) is 12.3. The number of likely N-dealkylation sites (N-methyl/N-ethyl adjacent to an activating group) is 1. The van der Waals surface area contributed by atoms with Gasteiger partial charge >= 0.3 is 12.1 Å². The maximum Gasteiger partial charge on any atom is 0.408 e. The maximum absolute atomic E-state index is 13.1. The number of esters is 1. The first-order chi connectivity index (χ1) is 16.8. The number of carbonyl (C=O) groups excluding carboxylic acids is 4. The number of ether oxygens (including phenoxy) is 2. The summed E-state index contributed by atoms with van der Waals surface area (Å²) in [5, 5.41) is 10.2. The van der Waals surface area contributed by atoms with Gasteiger partial charge in [0.2, 0.25) is 11.8 Å². The molecule has 3 atom stereocenters. The molecule has 0 aliphatic heterocycles. The van der Waals surface area contributed by atoms with Gasteiger partial charge in [0.1, 0.15) is 18.2 Å². The molecule has 0 heterocycles. The summed E-state index contributed by atoms with van der Waals surface area (Å²) in [5.74, 6) is -1.62. The van der Waals surface area contributed by atoms with Gasteiger partial charge in [-0.25, -0.2) is 9.80 Å². The van der Waals surface area contributed by atoms with E-state index in [4.69, 9.17) is 15.0 Å². The molecule has 0 aliphatic rings. The SMILES string of the molecule is CCCCOC(=O)CN(C)NC(=O)C[C@H](CCN=[N+]=[N-])NC(=O)[C@@H](NC(=O)OC(C)(C)C)[C@@H](C)CC. The van der Waals surface area contributed by atoms with Crippen molar-refractivity contribution in [3.63, 3.8) is 0 Å². The van der Waals surface area contributed by atoms with Crippen molar-refractivity contribution in [1.29, 1.82) is 0 Å². The Bertz CT molecular complexity index is 765. The molecular formula is C23H43N7O6. The van der Waals surface area contributed by atoms with E-state index in [1.54, 1.807) is 20.8 Å². The molecule has 206 valence electrons. The molecule has 0 aromatic carbocycles. The van der Waals surface area contributed by atoms with Crippen LogP contribution in [0, 0.1) is 5.92 Å². The third kappa shape index (κ3) is 15.8. The van der Waals surface area contributed by atoms with Crippen LogP contribution in [0.15, 0.2) is 5.11 Å².